The number of nitrogens with one attached hydrogen (secondary N) is 1. The molecule has 0 aromatic heterocycles. The number of hydrogen-bond donors (Lipinski definition) is 2. The Balaban J connectivity index is 1.99. The number of aliphatic hydroxyl groups is 1. The predicted molar refractivity (Wildman–Crippen MR) is 55.8 cm³/mol. The molecular weight excluding hydrogens is 200 g/mol. The Kier molecular flexibility index (Phi) is 2.99. The van der Waals surface area contributed by atoms with Crippen molar-refractivity contribution in [1.82, 2.24) is 10.4 Å². The molecule has 2 aliphatic heterocycles. The van der Waals surface area contributed by atoms with Gasteiger partial charge < -0.3 is 5.11 Å². The quantitative estimate of drug-likeness (QED) is 0.681. The highest BCUT2D eigenvalue weighted by Gasteiger charge is 2.43. The second kappa shape index (κ2) is 4.08. The van der Waals surface area contributed by atoms with E-state index in [0.29, 0.717) is 13.0 Å². The summed E-state index contributed by atoms with van der Waals surface area (Å²) in [5.74, 6) is 2.39. The van der Waals surface area contributed by atoms with Crippen LogP contribution in [0.4, 0.5) is 0 Å². The van der Waals surface area contributed by atoms with Gasteiger partial charge in [-0.2, -0.15) is 11.8 Å². The number of rotatable bonds is 2. The molecule has 0 aromatic rings. The zero-order valence-corrected chi connectivity index (χ0v) is 8.98. The van der Waals surface area contributed by atoms with E-state index in [1.165, 1.54) is 0 Å². The van der Waals surface area contributed by atoms with Crippen LogP contribution in [0.15, 0.2) is 0 Å². The van der Waals surface area contributed by atoms with E-state index in [4.69, 9.17) is 5.11 Å². The van der Waals surface area contributed by atoms with Crippen LogP contribution in [0.5, 0.6) is 0 Å². The molecule has 1 amide bonds. The van der Waals surface area contributed by atoms with Crippen molar-refractivity contribution in [3.8, 4) is 0 Å². The molecule has 2 saturated heterocycles. The summed E-state index contributed by atoms with van der Waals surface area (Å²) in [5.41, 5.74) is 3.28. The third-order valence-corrected chi connectivity index (χ3v) is 3.92. The Morgan fingerprint density at radius 2 is 2.21 bits per heavy atom. The van der Waals surface area contributed by atoms with Crippen molar-refractivity contribution in [2.45, 2.75) is 24.8 Å². The molecule has 2 aliphatic rings. The summed E-state index contributed by atoms with van der Waals surface area (Å²) >= 11 is 1.95. The van der Waals surface area contributed by atoms with Gasteiger partial charge in [0.25, 0.3) is 0 Å². The molecule has 0 radical (unpaired) electrons. The molecule has 0 bridgehead atoms. The van der Waals surface area contributed by atoms with E-state index in [9.17, 15) is 4.79 Å². The molecule has 80 valence electrons. The lowest BCUT2D eigenvalue weighted by molar-refractivity contribution is -0.130. The van der Waals surface area contributed by atoms with Crippen molar-refractivity contribution in [2.24, 2.45) is 0 Å². The zero-order valence-electron chi connectivity index (χ0n) is 8.16. The molecule has 2 heterocycles. The first-order chi connectivity index (χ1) is 6.76. The van der Waals surface area contributed by atoms with Crippen molar-refractivity contribution < 1.29 is 9.90 Å². The number of aliphatic hydroxyl groups excluding tert-OH is 1. The van der Waals surface area contributed by atoms with Gasteiger partial charge in [-0.1, -0.05) is 0 Å². The van der Waals surface area contributed by atoms with Gasteiger partial charge in [0.15, 0.2) is 0 Å². The first-order valence-electron chi connectivity index (χ1n) is 5.03. The Bertz CT molecular complexity index is 229. The van der Waals surface area contributed by atoms with E-state index in [-0.39, 0.29) is 18.1 Å². The Morgan fingerprint density at radius 3 is 2.86 bits per heavy atom. The maximum absolute atomic E-state index is 11.6. The third-order valence-electron chi connectivity index (χ3n) is 2.94. The van der Waals surface area contributed by atoms with Crippen molar-refractivity contribution in [2.75, 3.05) is 24.7 Å². The number of thioether (sulfide) groups is 1. The van der Waals surface area contributed by atoms with Gasteiger partial charge in [-0.25, -0.2) is 5.43 Å². The molecule has 2 rings (SSSR count). The van der Waals surface area contributed by atoms with E-state index in [0.717, 1.165) is 24.3 Å². The maximum atomic E-state index is 11.6. The molecule has 5 heteroatoms. The highest BCUT2D eigenvalue weighted by molar-refractivity contribution is 7.99. The van der Waals surface area contributed by atoms with Crippen molar-refractivity contribution in [3.63, 3.8) is 0 Å². The van der Waals surface area contributed by atoms with Crippen LogP contribution in [0.3, 0.4) is 0 Å². The van der Waals surface area contributed by atoms with Crippen LogP contribution in [-0.4, -0.2) is 46.2 Å². The van der Waals surface area contributed by atoms with Gasteiger partial charge in [0.2, 0.25) is 5.91 Å². The maximum Gasteiger partial charge on any atom is 0.238 e. The molecule has 0 atom stereocenters. The Hall–Kier alpha value is -0.260. The molecule has 1 spiro atoms. The molecule has 0 unspecified atom stereocenters. The molecule has 4 nitrogen and oxygen atoms in total. The second-order valence-electron chi connectivity index (χ2n) is 3.95. The van der Waals surface area contributed by atoms with E-state index in [1.807, 2.05) is 11.8 Å². The molecule has 0 saturated carbocycles. The summed E-state index contributed by atoms with van der Waals surface area (Å²) < 4.78 is 0. The summed E-state index contributed by atoms with van der Waals surface area (Å²) in [6, 6.07) is 0. The minimum atomic E-state index is 0.0114. The lowest BCUT2D eigenvalue weighted by Gasteiger charge is -2.33. The van der Waals surface area contributed by atoms with Crippen LogP contribution >= 0.6 is 11.8 Å². The topological polar surface area (TPSA) is 52.6 Å². The second-order valence-corrected chi connectivity index (χ2v) is 5.18. The van der Waals surface area contributed by atoms with E-state index < -0.39 is 0 Å². The normalized spacial score (nSPS) is 26.1. The Labute approximate surface area is 88.0 Å². The first-order valence-corrected chi connectivity index (χ1v) is 6.18. The SMILES string of the molecule is O=C1CC2(CCSCC2)NN1CCO. The van der Waals surface area contributed by atoms with Gasteiger partial charge >= 0.3 is 0 Å². The molecule has 2 N–H and O–H groups in total. The van der Waals surface area contributed by atoms with Gasteiger partial charge in [0, 0.05) is 12.0 Å². The van der Waals surface area contributed by atoms with Gasteiger partial charge in [-0.15, -0.1) is 0 Å². The van der Waals surface area contributed by atoms with Crippen molar-refractivity contribution in [1.29, 1.82) is 0 Å². The molecular formula is C9H16N2O2S. The van der Waals surface area contributed by atoms with Crippen LogP contribution in [-0.2, 0) is 4.79 Å². The summed E-state index contributed by atoms with van der Waals surface area (Å²) in [6.45, 7) is 0.442. The molecule has 0 aromatic carbocycles. The van der Waals surface area contributed by atoms with Crippen LogP contribution in [0.1, 0.15) is 19.3 Å². The highest BCUT2D eigenvalue weighted by atomic mass is 32.2. The Morgan fingerprint density at radius 1 is 1.50 bits per heavy atom. The predicted octanol–water partition coefficient (Wildman–Crippen LogP) is -0.0186. The summed E-state index contributed by atoms with van der Waals surface area (Å²) in [4.78, 5) is 11.6. The monoisotopic (exact) mass is 216 g/mol. The number of amides is 1. The average molecular weight is 216 g/mol. The third kappa shape index (κ3) is 1.89. The lowest BCUT2D eigenvalue weighted by Crippen LogP contribution is -2.49. The summed E-state index contributed by atoms with van der Waals surface area (Å²) in [5, 5.41) is 10.4. The molecule has 2 fully saturated rings. The van der Waals surface area contributed by atoms with Crippen LogP contribution in [0, 0.1) is 0 Å². The van der Waals surface area contributed by atoms with Gasteiger partial charge in [-0.3, -0.25) is 9.80 Å². The fraction of sp³-hybridized carbons (Fsp3) is 0.889. The smallest absolute Gasteiger partial charge is 0.238 e. The highest BCUT2D eigenvalue weighted by Crippen LogP contribution is 2.33. The van der Waals surface area contributed by atoms with Crippen LogP contribution in [0.25, 0.3) is 0 Å². The number of hydrazine groups is 1. The zero-order chi connectivity index (χ0) is 10.0. The van der Waals surface area contributed by atoms with Gasteiger partial charge in [0.1, 0.15) is 0 Å². The van der Waals surface area contributed by atoms with Crippen molar-refractivity contribution >= 4 is 17.7 Å². The van der Waals surface area contributed by atoms with Crippen LogP contribution in [0.2, 0.25) is 0 Å². The fourth-order valence-corrected chi connectivity index (χ4v) is 3.38. The minimum absolute atomic E-state index is 0.0114. The van der Waals surface area contributed by atoms with Gasteiger partial charge in [0.05, 0.1) is 13.2 Å². The fourth-order valence-electron chi connectivity index (χ4n) is 2.10. The number of hydrogen-bond acceptors (Lipinski definition) is 4. The summed E-state index contributed by atoms with van der Waals surface area (Å²) in [6.07, 6.45) is 2.73. The van der Waals surface area contributed by atoms with Crippen LogP contribution < -0.4 is 5.43 Å². The minimum Gasteiger partial charge on any atom is -0.394 e. The van der Waals surface area contributed by atoms with Gasteiger partial charge in [-0.05, 0) is 24.3 Å². The molecule has 14 heavy (non-hydrogen) atoms. The summed E-state index contributed by atoms with van der Waals surface area (Å²) in [7, 11) is 0. The molecule has 0 aliphatic carbocycles. The largest absolute Gasteiger partial charge is 0.394 e. The number of β-amino-alcohol motifs (C(OH)–C–C–N with tert-alkyl or cyclic N) is 1. The average Bonchev–Trinajstić information content (AvgIpc) is 2.45. The first kappa shape index (κ1) is 10.3. The lowest BCUT2D eigenvalue weighted by atomic mass is 9.91. The number of carbonyl (C=O) groups is 1. The standard InChI is InChI=1S/C9H16N2O2S/c12-4-3-11-8(13)7-9(10-11)1-5-14-6-2-9/h10,12H,1-7H2. The van der Waals surface area contributed by atoms with Crippen molar-refractivity contribution in [3.05, 3.63) is 0 Å². The number of nitrogens with zero attached hydrogens (tertiary/aromatic N) is 1. The number of carbonyl (C=O) groups excluding carboxylic acids is 1. The van der Waals surface area contributed by atoms with E-state index >= 15 is 0 Å². The van der Waals surface area contributed by atoms with E-state index in [1.54, 1.807) is 5.01 Å². The van der Waals surface area contributed by atoms with E-state index in [2.05, 4.69) is 5.43 Å².